The summed E-state index contributed by atoms with van der Waals surface area (Å²) in [4.78, 5) is 17.3. The molecule has 0 unspecified atom stereocenters. The van der Waals surface area contributed by atoms with Crippen LogP contribution in [0.2, 0.25) is 5.02 Å². The van der Waals surface area contributed by atoms with Crippen LogP contribution in [0.4, 0.5) is 5.69 Å². The van der Waals surface area contributed by atoms with Gasteiger partial charge in [0.1, 0.15) is 5.65 Å². The van der Waals surface area contributed by atoms with Crippen LogP contribution in [0.3, 0.4) is 0 Å². The maximum atomic E-state index is 12.5. The van der Waals surface area contributed by atoms with E-state index in [9.17, 15) is 4.79 Å². The molecule has 2 aromatic carbocycles. The van der Waals surface area contributed by atoms with Crippen LogP contribution >= 0.6 is 11.6 Å². The van der Waals surface area contributed by atoms with Gasteiger partial charge in [0.2, 0.25) is 5.91 Å². The average molecular weight is 390 g/mol. The average Bonchev–Trinajstić information content (AvgIpc) is 3.05. The molecule has 0 atom stereocenters. The Kier molecular flexibility index (Phi) is 5.13. The summed E-state index contributed by atoms with van der Waals surface area (Å²) < 4.78 is 2.05. The van der Waals surface area contributed by atoms with Crippen LogP contribution < -0.4 is 5.32 Å². The van der Waals surface area contributed by atoms with Crippen LogP contribution in [0.15, 0.2) is 72.9 Å². The summed E-state index contributed by atoms with van der Waals surface area (Å²) in [5, 5.41) is 3.66. The van der Waals surface area contributed by atoms with E-state index in [1.165, 1.54) is 0 Å². The number of amides is 1. The molecule has 2 aromatic heterocycles. The number of aryl methyl sites for hydroxylation is 2. The Labute approximate surface area is 168 Å². The summed E-state index contributed by atoms with van der Waals surface area (Å²) >= 11 is 6.03. The Morgan fingerprint density at radius 3 is 2.68 bits per heavy atom. The fourth-order valence-corrected chi connectivity index (χ4v) is 3.43. The highest BCUT2D eigenvalue weighted by Crippen LogP contribution is 2.27. The summed E-state index contributed by atoms with van der Waals surface area (Å²) in [6.45, 7) is 2.01. The zero-order valence-corrected chi connectivity index (χ0v) is 16.3. The second-order valence-electron chi connectivity index (χ2n) is 6.76. The first-order chi connectivity index (χ1) is 13.6. The van der Waals surface area contributed by atoms with Crippen LogP contribution in [0.5, 0.6) is 0 Å². The van der Waals surface area contributed by atoms with Gasteiger partial charge in [-0.1, -0.05) is 41.9 Å². The molecule has 140 valence electrons. The van der Waals surface area contributed by atoms with Crippen LogP contribution in [0, 0.1) is 6.92 Å². The molecule has 0 saturated heterocycles. The zero-order chi connectivity index (χ0) is 19.5. The summed E-state index contributed by atoms with van der Waals surface area (Å²) in [5.74, 6) is -0.0152. The second-order valence-corrected chi connectivity index (χ2v) is 7.20. The minimum Gasteiger partial charge on any atom is -0.326 e. The van der Waals surface area contributed by atoms with E-state index in [1.807, 2.05) is 84.3 Å². The highest BCUT2D eigenvalue weighted by Gasteiger charge is 2.15. The van der Waals surface area contributed by atoms with Crippen molar-refractivity contribution < 1.29 is 4.79 Å². The molecule has 5 heteroatoms. The van der Waals surface area contributed by atoms with Gasteiger partial charge in [0, 0.05) is 28.9 Å². The molecule has 1 amide bonds. The van der Waals surface area contributed by atoms with Crippen molar-refractivity contribution in [2.45, 2.75) is 19.8 Å². The smallest absolute Gasteiger partial charge is 0.224 e. The van der Waals surface area contributed by atoms with Crippen LogP contribution in [0.1, 0.15) is 17.7 Å². The van der Waals surface area contributed by atoms with E-state index in [4.69, 9.17) is 16.6 Å². The molecule has 4 rings (SSSR count). The van der Waals surface area contributed by atoms with Crippen molar-refractivity contribution >= 4 is 28.8 Å². The van der Waals surface area contributed by atoms with Gasteiger partial charge in [-0.05, 0) is 55.3 Å². The first-order valence-electron chi connectivity index (χ1n) is 9.18. The molecule has 4 aromatic rings. The topological polar surface area (TPSA) is 46.4 Å². The molecule has 1 N–H and O–H groups in total. The number of carbonyl (C=O) groups is 1. The molecule has 0 radical (unpaired) electrons. The highest BCUT2D eigenvalue weighted by molar-refractivity contribution is 6.30. The Balaban J connectivity index is 1.59. The number of halogens is 1. The van der Waals surface area contributed by atoms with E-state index in [-0.39, 0.29) is 5.91 Å². The Hall–Kier alpha value is -3.11. The van der Waals surface area contributed by atoms with Gasteiger partial charge in [-0.2, -0.15) is 0 Å². The van der Waals surface area contributed by atoms with Gasteiger partial charge < -0.3 is 9.72 Å². The molecule has 0 bridgehead atoms. The van der Waals surface area contributed by atoms with Crippen molar-refractivity contribution in [3.05, 3.63) is 89.2 Å². The first kappa shape index (κ1) is 18.3. The molecule has 28 heavy (non-hydrogen) atoms. The van der Waals surface area contributed by atoms with Gasteiger partial charge in [-0.15, -0.1) is 0 Å². The van der Waals surface area contributed by atoms with Gasteiger partial charge in [-0.3, -0.25) is 4.79 Å². The molecule has 0 spiro atoms. The van der Waals surface area contributed by atoms with E-state index < -0.39 is 0 Å². The number of benzene rings is 2. The monoisotopic (exact) mass is 389 g/mol. The van der Waals surface area contributed by atoms with Crippen molar-refractivity contribution in [1.82, 2.24) is 9.38 Å². The number of imidazole rings is 1. The number of pyridine rings is 1. The third-order valence-electron chi connectivity index (χ3n) is 4.64. The zero-order valence-electron chi connectivity index (χ0n) is 15.5. The van der Waals surface area contributed by atoms with Crippen LogP contribution in [-0.4, -0.2) is 15.3 Å². The van der Waals surface area contributed by atoms with Crippen molar-refractivity contribution in [3.8, 4) is 11.3 Å². The molecule has 0 fully saturated rings. The normalized spacial score (nSPS) is 10.9. The van der Waals surface area contributed by atoms with E-state index >= 15 is 0 Å². The fraction of sp³-hybridized carbons (Fsp3) is 0.130. The lowest BCUT2D eigenvalue weighted by Gasteiger charge is -2.08. The molecule has 2 heterocycles. The van der Waals surface area contributed by atoms with Crippen molar-refractivity contribution in [2.24, 2.45) is 0 Å². The third kappa shape index (κ3) is 3.92. The number of nitrogens with one attached hydrogen (secondary N) is 1. The van der Waals surface area contributed by atoms with Gasteiger partial charge in [0.15, 0.2) is 0 Å². The predicted octanol–water partition coefficient (Wildman–Crippen LogP) is 5.53. The number of anilines is 1. The summed E-state index contributed by atoms with van der Waals surface area (Å²) in [5.41, 5.74) is 5.68. The highest BCUT2D eigenvalue weighted by atomic mass is 35.5. The summed E-state index contributed by atoms with van der Waals surface area (Å²) in [6, 6.07) is 21.3. The SMILES string of the molecule is Cc1cccc(NC(=O)CCc2c(-c3ccc(Cl)cc3)nc3ccccn23)c1. The number of hydrogen-bond acceptors (Lipinski definition) is 2. The number of aromatic nitrogens is 2. The Bertz CT molecular complexity index is 1130. The predicted molar refractivity (Wildman–Crippen MR) is 114 cm³/mol. The maximum absolute atomic E-state index is 12.5. The Morgan fingerprint density at radius 1 is 1.07 bits per heavy atom. The quantitative estimate of drug-likeness (QED) is 0.487. The standard InChI is InChI=1S/C23H20ClN3O/c1-16-5-4-6-19(15-16)25-22(28)13-12-20-23(17-8-10-18(24)11-9-17)26-21-7-2-3-14-27(20)21/h2-11,14-15H,12-13H2,1H3,(H,25,28). The first-order valence-corrected chi connectivity index (χ1v) is 9.56. The van der Waals surface area contributed by atoms with E-state index in [0.29, 0.717) is 17.9 Å². The minimum absolute atomic E-state index is 0.0152. The molecular formula is C23H20ClN3O. The Morgan fingerprint density at radius 2 is 1.89 bits per heavy atom. The molecule has 0 saturated carbocycles. The largest absolute Gasteiger partial charge is 0.326 e. The van der Waals surface area contributed by atoms with Gasteiger partial charge >= 0.3 is 0 Å². The maximum Gasteiger partial charge on any atom is 0.224 e. The van der Waals surface area contributed by atoms with Crippen molar-refractivity contribution in [2.75, 3.05) is 5.32 Å². The lowest BCUT2D eigenvalue weighted by molar-refractivity contribution is -0.116. The van der Waals surface area contributed by atoms with Gasteiger partial charge in [-0.25, -0.2) is 4.98 Å². The fourth-order valence-electron chi connectivity index (χ4n) is 3.30. The minimum atomic E-state index is -0.0152. The number of rotatable bonds is 5. The summed E-state index contributed by atoms with van der Waals surface area (Å²) in [7, 11) is 0. The van der Waals surface area contributed by atoms with Crippen LogP contribution in [-0.2, 0) is 11.2 Å². The van der Waals surface area contributed by atoms with E-state index in [1.54, 1.807) is 0 Å². The molecule has 0 aliphatic rings. The summed E-state index contributed by atoms with van der Waals surface area (Å²) in [6.07, 6.45) is 2.94. The number of hydrogen-bond donors (Lipinski definition) is 1. The van der Waals surface area contributed by atoms with Gasteiger partial charge in [0.25, 0.3) is 0 Å². The van der Waals surface area contributed by atoms with E-state index in [2.05, 4.69) is 5.32 Å². The van der Waals surface area contributed by atoms with Crippen molar-refractivity contribution in [3.63, 3.8) is 0 Å². The molecule has 0 aliphatic carbocycles. The van der Waals surface area contributed by atoms with Crippen LogP contribution in [0.25, 0.3) is 16.9 Å². The second kappa shape index (κ2) is 7.87. The molecule has 0 aliphatic heterocycles. The number of carbonyl (C=O) groups excluding carboxylic acids is 1. The lowest BCUT2D eigenvalue weighted by Crippen LogP contribution is -2.13. The number of nitrogens with zero attached hydrogens (tertiary/aromatic N) is 2. The van der Waals surface area contributed by atoms with E-state index in [0.717, 1.165) is 33.8 Å². The molecular weight excluding hydrogens is 370 g/mol. The van der Waals surface area contributed by atoms with Crippen molar-refractivity contribution in [1.29, 1.82) is 0 Å². The lowest BCUT2D eigenvalue weighted by atomic mass is 10.1. The molecule has 4 nitrogen and oxygen atoms in total. The van der Waals surface area contributed by atoms with Gasteiger partial charge in [0.05, 0.1) is 11.4 Å². The third-order valence-corrected chi connectivity index (χ3v) is 4.89. The number of fused-ring (bicyclic) bond motifs is 1.